The number of benzene rings is 1. The third-order valence-corrected chi connectivity index (χ3v) is 2.34. The van der Waals surface area contributed by atoms with Crippen LogP contribution in [0.5, 0.6) is 5.75 Å². The first-order chi connectivity index (χ1) is 8.24. The Bertz CT molecular complexity index is 534. The smallest absolute Gasteiger partial charge is 0.202 e. The Kier molecular flexibility index (Phi) is 3.09. The molecule has 0 radical (unpaired) electrons. The molecule has 0 unspecified atom stereocenters. The Morgan fingerprint density at radius 1 is 1.41 bits per heavy atom. The number of carbonyl (C=O) groups is 1. The van der Waals surface area contributed by atoms with E-state index in [1.54, 1.807) is 18.2 Å². The highest BCUT2D eigenvalue weighted by molar-refractivity contribution is 6.13. The van der Waals surface area contributed by atoms with Crippen LogP contribution in [0.2, 0.25) is 0 Å². The van der Waals surface area contributed by atoms with Gasteiger partial charge in [-0.3, -0.25) is 9.89 Å². The second kappa shape index (κ2) is 4.69. The predicted molar refractivity (Wildman–Crippen MR) is 64.0 cm³/mol. The number of aromatic amines is 1. The van der Waals surface area contributed by atoms with E-state index < -0.39 is 0 Å². The molecule has 0 saturated heterocycles. The molecule has 2 rings (SSSR count). The van der Waals surface area contributed by atoms with Crippen LogP contribution < -0.4 is 10.5 Å². The number of ketones is 1. The minimum absolute atomic E-state index is 0.194. The van der Waals surface area contributed by atoms with Crippen molar-refractivity contribution in [3.63, 3.8) is 0 Å². The summed E-state index contributed by atoms with van der Waals surface area (Å²) < 4.78 is 5.40. The fourth-order valence-electron chi connectivity index (χ4n) is 1.56. The first-order valence-corrected chi connectivity index (χ1v) is 5.29. The predicted octanol–water partition coefficient (Wildman–Crippen LogP) is 1.62. The first-order valence-electron chi connectivity index (χ1n) is 5.29. The lowest BCUT2D eigenvalue weighted by molar-refractivity contribution is 0.103. The SMILES string of the molecule is CCOc1ccccc1C(=O)c1cn[nH]c1N. The molecule has 0 spiro atoms. The molecule has 3 N–H and O–H groups in total. The molecule has 0 atom stereocenters. The van der Waals surface area contributed by atoms with Crippen LogP contribution in [0.15, 0.2) is 30.5 Å². The van der Waals surface area contributed by atoms with E-state index in [2.05, 4.69) is 10.2 Å². The molecule has 5 heteroatoms. The number of nitrogens with two attached hydrogens (primary N) is 1. The lowest BCUT2D eigenvalue weighted by Crippen LogP contribution is -2.06. The van der Waals surface area contributed by atoms with Crippen molar-refractivity contribution in [2.24, 2.45) is 0 Å². The van der Waals surface area contributed by atoms with Crippen molar-refractivity contribution in [1.29, 1.82) is 0 Å². The van der Waals surface area contributed by atoms with Gasteiger partial charge in [0.05, 0.1) is 23.9 Å². The fourth-order valence-corrected chi connectivity index (χ4v) is 1.56. The molecule has 0 fully saturated rings. The monoisotopic (exact) mass is 231 g/mol. The molecule has 0 aliphatic rings. The summed E-state index contributed by atoms with van der Waals surface area (Å²) in [4.78, 5) is 12.2. The van der Waals surface area contributed by atoms with E-state index in [0.29, 0.717) is 23.5 Å². The maximum absolute atomic E-state index is 12.2. The molecule has 88 valence electrons. The normalized spacial score (nSPS) is 10.2. The Balaban J connectivity index is 2.40. The lowest BCUT2D eigenvalue weighted by atomic mass is 10.0. The van der Waals surface area contributed by atoms with Crippen LogP contribution in [0.3, 0.4) is 0 Å². The van der Waals surface area contributed by atoms with Gasteiger partial charge in [-0.25, -0.2) is 0 Å². The summed E-state index contributed by atoms with van der Waals surface area (Å²) in [6.45, 7) is 2.37. The highest BCUT2D eigenvalue weighted by atomic mass is 16.5. The number of H-pyrrole nitrogens is 1. The second-order valence-corrected chi connectivity index (χ2v) is 3.46. The highest BCUT2D eigenvalue weighted by Gasteiger charge is 2.17. The number of aromatic nitrogens is 2. The van der Waals surface area contributed by atoms with Crippen LogP contribution in [0, 0.1) is 0 Å². The molecule has 2 aromatic rings. The van der Waals surface area contributed by atoms with E-state index in [4.69, 9.17) is 10.5 Å². The summed E-state index contributed by atoms with van der Waals surface area (Å²) in [7, 11) is 0. The van der Waals surface area contributed by atoms with Crippen LogP contribution in [0.4, 0.5) is 5.82 Å². The molecule has 0 saturated carbocycles. The van der Waals surface area contributed by atoms with Crippen molar-refractivity contribution in [2.45, 2.75) is 6.92 Å². The quantitative estimate of drug-likeness (QED) is 0.783. The van der Waals surface area contributed by atoms with Gasteiger partial charge in [0, 0.05) is 0 Å². The third kappa shape index (κ3) is 2.13. The van der Waals surface area contributed by atoms with Crippen LogP contribution in [-0.2, 0) is 0 Å². The fraction of sp³-hybridized carbons (Fsp3) is 0.167. The van der Waals surface area contributed by atoms with Gasteiger partial charge in [0.15, 0.2) is 0 Å². The summed E-state index contributed by atoms with van der Waals surface area (Å²) in [6, 6.07) is 7.07. The van der Waals surface area contributed by atoms with Crippen LogP contribution in [0.1, 0.15) is 22.8 Å². The van der Waals surface area contributed by atoms with E-state index >= 15 is 0 Å². The summed E-state index contributed by atoms with van der Waals surface area (Å²) in [6.07, 6.45) is 1.42. The standard InChI is InChI=1S/C12H13N3O2/c1-2-17-10-6-4-3-5-8(10)11(16)9-7-14-15-12(9)13/h3-7H,2H2,1H3,(H3,13,14,15). The minimum Gasteiger partial charge on any atom is -0.493 e. The average molecular weight is 231 g/mol. The van der Waals surface area contributed by atoms with E-state index in [0.717, 1.165) is 0 Å². The Labute approximate surface area is 98.6 Å². The number of hydrogen-bond acceptors (Lipinski definition) is 4. The number of ether oxygens (including phenoxy) is 1. The topological polar surface area (TPSA) is 81.0 Å². The maximum atomic E-state index is 12.2. The van der Waals surface area contributed by atoms with E-state index in [9.17, 15) is 4.79 Å². The van der Waals surface area contributed by atoms with Gasteiger partial charge in [0.1, 0.15) is 11.6 Å². The number of nitrogens with zero attached hydrogens (tertiary/aromatic N) is 1. The zero-order valence-electron chi connectivity index (χ0n) is 9.43. The van der Waals surface area contributed by atoms with E-state index in [1.807, 2.05) is 13.0 Å². The van der Waals surface area contributed by atoms with Gasteiger partial charge in [0.25, 0.3) is 0 Å². The molecule has 0 aliphatic heterocycles. The molecule has 0 bridgehead atoms. The van der Waals surface area contributed by atoms with Crippen molar-refractivity contribution in [1.82, 2.24) is 10.2 Å². The zero-order chi connectivity index (χ0) is 12.3. The van der Waals surface area contributed by atoms with Crippen LogP contribution in [-0.4, -0.2) is 22.6 Å². The summed E-state index contributed by atoms with van der Waals surface area (Å²) in [5, 5.41) is 6.27. The number of nitrogen functional groups attached to an aromatic ring is 1. The number of anilines is 1. The molecule has 0 aliphatic carbocycles. The number of rotatable bonds is 4. The molecule has 17 heavy (non-hydrogen) atoms. The van der Waals surface area contributed by atoms with Gasteiger partial charge in [0.2, 0.25) is 5.78 Å². The molecular weight excluding hydrogens is 218 g/mol. The maximum Gasteiger partial charge on any atom is 0.202 e. The summed E-state index contributed by atoms with van der Waals surface area (Å²) in [5.41, 5.74) is 6.47. The van der Waals surface area contributed by atoms with Gasteiger partial charge in [-0.15, -0.1) is 0 Å². The van der Waals surface area contributed by atoms with Crippen molar-refractivity contribution >= 4 is 11.6 Å². The number of nitrogens with one attached hydrogen (secondary N) is 1. The van der Waals surface area contributed by atoms with Crippen molar-refractivity contribution in [2.75, 3.05) is 12.3 Å². The first kappa shape index (κ1) is 11.2. The molecule has 1 aromatic heterocycles. The molecule has 1 heterocycles. The van der Waals surface area contributed by atoms with Crippen LogP contribution >= 0.6 is 0 Å². The van der Waals surface area contributed by atoms with Crippen molar-refractivity contribution < 1.29 is 9.53 Å². The van der Waals surface area contributed by atoms with Gasteiger partial charge in [-0.1, -0.05) is 12.1 Å². The Morgan fingerprint density at radius 3 is 2.82 bits per heavy atom. The van der Waals surface area contributed by atoms with E-state index in [-0.39, 0.29) is 11.6 Å². The third-order valence-electron chi connectivity index (χ3n) is 2.34. The van der Waals surface area contributed by atoms with Gasteiger partial charge in [-0.05, 0) is 19.1 Å². The highest BCUT2D eigenvalue weighted by Crippen LogP contribution is 2.22. The average Bonchev–Trinajstić information content (AvgIpc) is 2.76. The number of carbonyl (C=O) groups excluding carboxylic acids is 1. The Hall–Kier alpha value is -2.30. The van der Waals surface area contributed by atoms with Gasteiger partial charge in [-0.2, -0.15) is 5.10 Å². The molecule has 5 nitrogen and oxygen atoms in total. The van der Waals surface area contributed by atoms with Gasteiger partial charge < -0.3 is 10.5 Å². The van der Waals surface area contributed by atoms with E-state index in [1.165, 1.54) is 6.20 Å². The minimum atomic E-state index is -0.194. The van der Waals surface area contributed by atoms with Gasteiger partial charge >= 0.3 is 0 Å². The van der Waals surface area contributed by atoms with Crippen molar-refractivity contribution in [3.8, 4) is 5.75 Å². The second-order valence-electron chi connectivity index (χ2n) is 3.46. The Morgan fingerprint density at radius 2 is 2.18 bits per heavy atom. The lowest BCUT2D eigenvalue weighted by Gasteiger charge is -2.08. The molecule has 1 aromatic carbocycles. The van der Waals surface area contributed by atoms with Crippen molar-refractivity contribution in [3.05, 3.63) is 41.6 Å². The summed E-state index contributed by atoms with van der Waals surface area (Å²) in [5.74, 6) is 0.627. The number of hydrogen-bond donors (Lipinski definition) is 2. The largest absolute Gasteiger partial charge is 0.493 e. The molecular formula is C12H13N3O2. The van der Waals surface area contributed by atoms with Crippen LogP contribution in [0.25, 0.3) is 0 Å². The molecule has 0 amide bonds. The summed E-state index contributed by atoms with van der Waals surface area (Å²) >= 11 is 0. The zero-order valence-corrected chi connectivity index (χ0v) is 9.43. The number of para-hydroxylation sites is 1.